The molecule has 0 bridgehead atoms. The van der Waals surface area contributed by atoms with Gasteiger partial charge in [0.2, 0.25) is 0 Å². The second-order valence-electron chi connectivity index (χ2n) is 4.05. The van der Waals surface area contributed by atoms with Crippen molar-refractivity contribution in [2.75, 3.05) is 13.1 Å². The number of Topliss-reactive ketones (excluding diaryl/α,β-unsaturated/α-hetero) is 1. The molecule has 1 N–H and O–H groups in total. The smallest absolute Gasteiger partial charge is 0.194 e. The van der Waals surface area contributed by atoms with Gasteiger partial charge in [-0.1, -0.05) is 13.8 Å². The third kappa shape index (κ3) is 4.77. The molecule has 2 heterocycles. The summed E-state index contributed by atoms with van der Waals surface area (Å²) in [5, 5.41) is 3.97. The molecule has 0 radical (unpaired) electrons. The fourth-order valence-electron chi connectivity index (χ4n) is 1.84. The Kier molecular flexibility index (Phi) is 9.41. The molecule has 5 heteroatoms. The van der Waals surface area contributed by atoms with E-state index in [1.165, 1.54) is 11.3 Å². The molecule has 3 nitrogen and oxygen atoms in total. The summed E-state index contributed by atoms with van der Waals surface area (Å²) in [6, 6.07) is 0. The Morgan fingerprint density at radius 2 is 1.83 bits per heavy atom. The minimum atomic E-state index is 0. The van der Waals surface area contributed by atoms with Gasteiger partial charge in [-0.3, -0.25) is 4.79 Å². The van der Waals surface area contributed by atoms with Crippen LogP contribution in [0.1, 0.15) is 47.1 Å². The molecule has 0 saturated carbocycles. The molecule has 18 heavy (non-hydrogen) atoms. The third-order valence-corrected chi connectivity index (χ3v) is 4.04. The molecule has 1 aliphatic rings. The van der Waals surface area contributed by atoms with Gasteiger partial charge >= 0.3 is 0 Å². The van der Waals surface area contributed by atoms with E-state index in [1.54, 1.807) is 0 Å². The standard InChI is InChI=1S/C11H16N2OS.C2H6.U/c1-7-8(2)15-11(13-7)10(14)9-3-5-12-6-4-9;1-2;/h9,12H,3-6H2,1-2H3;1-2H3;. The van der Waals surface area contributed by atoms with Crippen LogP contribution in [0.15, 0.2) is 0 Å². The molecule has 1 fully saturated rings. The van der Waals surface area contributed by atoms with Crippen molar-refractivity contribution in [1.82, 2.24) is 10.3 Å². The van der Waals surface area contributed by atoms with Crippen molar-refractivity contribution in [2.24, 2.45) is 5.92 Å². The van der Waals surface area contributed by atoms with Crippen LogP contribution in [-0.4, -0.2) is 23.9 Å². The minimum absolute atomic E-state index is 0. The first-order valence-electron chi connectivity index (χ1n) is 6.37. The zero-order valence-corrected chi connectivity index (χ0v) is 16.6. The number of nitrogens with zero attached hydrogens (tertiary/aromatic N) is 1. The Hall–Kier alpha value is 0.312. The quantitative estimate of drug-likeness (QED) is 0.646. The number of nitrogens with one attached hydrogen (secondary N) is 1. The van der Waals surface area contributed by atoms with Gasteiger partial charge in [0.25, 0.3) is 0 Å². The van der Waals surface area contributed by atoms with E-state index in [2.05, 4.69) is 10.3 Å². The van der Waals surface area contributed by atoms with Crippen LogP contribution in [-0.2, 0) is 0 Å². The Morgan fingerprint density at radius 3 is 2.28 bits per heavy atom. The van der Waals surface area contributed by atoms with Gasteiger partial charge in [0.15, 0.2) is 10.8 Å². The summed E-state index contributed by atoms with van der Waals surface area (Å²) in [4.78, 5) is 17.6. The second kappa shape index (κ2) is 9.25. The minimum Gasteiger partial charge on any atom is -0.317 e. The number of aromatic nitrogens is 1. The van der Waals surface area contributed by atoms with Crippen LogP contribution < -0.4 is 5.32 Å². The monoisotopic (exact) mass is 492 g/mol. The van der Waals surface area contributed by atoms with Gasteiger partial charge in [-0.2, -0.15) is 0 Å². The van der Waals surface area contributed by atoms with E-state index in [1.807, 2.05) is 27.7 Å². The molecular weight excluding hydrogens is 470 g/mol. The first-order valence-corrected chi connectivity index (χ1v) is 7.19. The molecule has 100 valence electrons. The number of piperidine rings is 1. The number of hydrogen-bond acceptors (Lipinski definition) is 4. The van der Waals surface area contributed by atoms with Gasteiger partial charge in [-0.05, 0) is 39.8 Å². The maximum Gasteiger partial charge on any atom is 0.194 e. The number of carbonyl (C=O) groups excluding carboxylic acids is 1. The van der Waals surface area contributed by atoms with Gasteiger partial charge in [0.1, 0.15) is 0 Å². The zero-order chi connectivity index (χ0) is 12.8. The van der Waals surface area contributed by atoms with Crippen LogP contribution in [0.5, 0.6) is 0 Å². The third-order valence-electron chi connectivity index (χ3n) is 2.95. The molecule has 0 aliphatic carbocycles. The van der Waals surface area contributed by atoms with Crippen LogP contribution in [0, 0.1) is 50.9 Å². The second-order valence-corrected chi connectivity index (χ2v) is 5.25. The Bertz CT molecular complexity index is 354. The fraction of sp³-hybridized carbons (Fsp3) is 0.692. The van der Waals surface area contributed by atoms with Gasteiger partial charge in [-0.25, -0.2) is 4.98 Å². The molecule has 0 unspecified atom stereocenters. The largest absolute Gasteiger partial charge is 0.317 e. The zero-order valence-electron chi connectivity index (χ0n) is 11.7. The molecule has 1 aromatic rings. The first kappa shape index (κ1) is 18.3. The summed E-state index contributed by atoms with van der Waals surface area (Å²) in [5.74, 6) is 0.439. The number of rotatable bonds is 2. The summed E-state index contributed by atoms with van der Waals surface area (Å²) in [6.45, 7) is 9.90. The number of hydrogen-bond donors (Lipinski definition) is 1. The van der Waals surface area contributed by atoms with Crippen molar-refractivity contribution in [3.05, 3.63) is 15.6 Å². The number of thiazole rings is 1. The summed E-state index contributed by atoms with van der Waals surface area (Å²) in [5.41, 5.74) is 0.997. The molecular formula is C13H22N2OSU. The van der Waals surface area contributed by atoms with Crippen molar-refractivity contribution >= 4 is 17.1 Å². The van der Waals surface area contributed by atoms with Crippen molar-refractivity contribution in [3.63, 3.8) is 0 Å². The van der Waals surface area contributed by atoms with Crippen LogP contribution in [0.2, 0.25) is 0 Å². The van der Waals surface area contributed by atoms with Gasteiger partial charge in [0.05, 0.1) is 5.69 Å². The van der Waals surface area contributed by atoms with E-state index < -0.39 is 0 Å². The average molecular weight is 492 g/mol. The van der Waals surface area contributed by atoms with Crippen molar-refractivity contribution in [3.8, 4) is 0 Å². The summed E-state index contributed by atoms with van der Waals surface area (Å²) < 4.78 is 0. The van der Waals surface area contributed by atoms with Crippen LogP contribution in [0.4, 0.5) is 0 Å². The maximum atomic E-state index is 12.1. The Morgan fingerprint density at radius 1 is 1.28 bits per heavy atom. The predicted molar refractivity (Wildman–Crippen MR) is 72.9 cm³/mol. The van der Waals surface area contributed by atoms with Crippen LogP contribution in [0.3, 0.4) is 0 Å². The molecule has 0 amide bonds. The van der Waals surface area contributed by atoms with Gasteiger partial charge in [-0.15, -0.1) is 11.3 Å². The molecule has 1 saturated heterocycles. The number of carbonyl (C=O) groups is 1. The van der Waals surface area contributed by atoms with Crippen molar-refractivity contribution in [1.29, 1.82) is 0 Å². The topological polar surface area (TPSA) is 42.0 Å². The normalized spacial score (nSPS) is 15.3. The van der Waals surface area contributed by atoms with Crippen LogP contribution >= 0.6 is 11.3 Å². The van der Waals surface area contributed by atoms with E-state index >= 15 is 0 Å². The van der Waals surface area contributed by atoms with Gasteiger partial charge in [0, 0.05) is 41.9 Å². The average Bonchev–Trinajstić information content (AvgIpc) is 2.72. The maximum absolute atomic E-state index is 12.1. The van der Waals surface area contributed by atoms with Crippen molar-refractivity contribution < 1.29 is 35.9 Å². The Labute approximate surface area is 138 Å². The molecule has 0 spiro atoms. The van der Waals surface area contributed by atoms with E-state index in [9.17, 15) is 4.79 Å². The fourth-order valence-corrected chi connectivity index (χ4v) is 2.77. The molecule has 1 aliphatic heterocycles. The summed E-state index contributed by atoms with van der Waals surface area (Å²) >= 11 is 1.54. The van der Waals surface area contributed by atoms with Crippen LogP contribution in [0.25, 0.3) is 0 Å². The number of ketones is 1. The molecule has 0 aromatic carbocycles. The SMILES string of the molecule is CC.Cc1nc(C(=O)C2CCNCC2)sc1C.[U]. The predicted octanol–water partition coefficient (Wildman–Crippen LogP) is 2.97. The van der Waals surface area contributed by atoms with Crippen molar-refractivity contribution in [2.45, 2.75) is 40.5 Å². The molecule has 2 rings (SSSR count). The molecule has 1 aromatic heterocycles. The Balaban J connectivity index is 0.000000917. The first-order chi connectivity index (χ1) is 8.18. The summed E-state index contributed by atoms with van der Waals surface area (Å²) in [6.07, 6.45) is 1.91. The summed E-state index contributed by atoms with van der Waals surface area (Å²) in [7, 11) is 0. The number of aryl methyl sites for hydroxylation is 2. The van der Waals surface area contributed by atoms with E-state index in [0.717, 1.165) is 36.5 Å². The van der Waals surface area contributed by atoms with E-state index in [-0.39, 0.29) is 42.8 Å². The van der Waals surface area contributed by atoms with Gasteiger partial charge < -0.3 is 5.32 Å². The van der Waals surface area contributed by atoms with E-state index in [0.29, 0.717) is 5.01 Å². The molecule has 0 atom stereocenters. The van der Waals surface area contributed by atoms with E-state index in [4.69, 9.17) is 0 Å².